The molecule has 2 atom stereocenters. The monoisotopic (exact) mass is 293 g/mol. The lowest BCUT2D eigenvalue weighted by Gasteiger charge is -2.26. The Kier molecular flexibility index (Phi) is 6.50. The van der Waals surface area contributed by atoms with E-state index in [1.54, 1.807) is 6.07 Å². The van der Waals surface area contributed by atoms with Gasteiger partial charge in [0, 0.05) is 6.04 Å². The van der Waals surface area contributed by atoms with Crippen molar-refractivity contribution in [2.45, 2.75) is 57.9 Å². The molecule has 2 nitrogen and oxygen atoms in total. The summed E-state index contributed by atoms with van der Waals surface area (Å²) in [5.74, 6) is 0.707. The standard InChI is InChI=1S/C18H28FNO/c1-3-12-20-16-10-6-4-5-8-14(16)13-15-9-7-11-17(21-2)18(15)19/h7,9,11,14,16,20H,3-6,8,10,12-13H2,1-2H3. The molecule has 1 aliphatic carbocycles. The number of hydrogen-bond donors (Lipinski definition) is 1. The second-order valence-corrected chi connectivity index (χ2v) is 6.10. The average molecular weight is 293 g/mol. The second-order valence-electron chi connectivity index (χ2n) is 6.10. The van der Waals surface area contributed by atoms with Crippen LogP contribution in [0.1, 0.15) is 51.0 Å². The number of methoxy groups -OCH3 is 1. The molecular formula is C18H28FNO. The number of nitrogens with one attached hydrogen (secondary N) is 1. The molecule has 0 spiro atoms. The van der Waals surface area contributed by atoms with Gasteiger partial charge in [-0.3, -0.25) is 0 Å². The zero-order valence-electron chi connectivity index (χ0n) is 13.3. The summed E-state index contributed by atoms with van der Waals surface area (Å²) in [7, 11) is 1.53. The van der Waals surface area contributed by atoms with E-state index in [9.17, 15) is 4.39 Å². The quantitative estimate of drug-likeness (QED) is 0.788. The predicted molar refractivity (Wildman–Crippen MR) is 85.3 cm³/mol. The Labute approximate surface area is 128 Å². The smallest absolute Gasteiger partial charge is 0.168 e. The van der Waals surface area contributed by atoms with Crippen molar-refractivity contribution in [2.24, 2.45) is 5.92 Å². The van der Waals surface area contributed by atoms with Crippen LogP contribution >= 0.6 is 0 Å². The highest BCUT2D eigenvalue weighted by Gasteiger charge is 2.24. The van der Waals surface area contributed by atoms with Crippen LogP contribution in [0.5, 0.6) is 5.75 Å². The highest BCUT2D eigenvalue weighted by atomic mass is 19.1. The summed E-state index contributed by atoms with van der Waals surface area (Å²) in [4.78, 5) is 0. The number of halogens is 1. The third-order valence-corrected chi connectivity index (χ3v) is 4.56. The van der Waals surface area contributed by atoms with Crippen LogP contribution in [0.4, 0.5) is 4.39 Å². The Hall–Kier alpha value is -1.09. The van der Waals surface area contributed by atoms with Crippen LogP contribution in [0.25, 0.3) is 0 Å². The van der Waals surface area contributed by atoms with Crippen molar-refractivity contribution < 1.29 is 9.13 Å². The van der Waals surface area contributed by atoms with E-state index < -0.39 is 0 Å². The van der Waals surface area contributed by atoms with Gasteiger partial charge in [-0.05, 0) is 49.8 Å². The van der Waals surface area contributed by atoms with Gasteiger partial charge in [0.25, 0.3) is 0 Å². The maximum absolute atomic E-state index is 14.4. The Morgan fingerprint density at radius 3 is 2.81 bits per heavy atom. The molecule has 0 aromatic heterocycles. The van der Waals surface area contributed by atoms with Crippen molar-refractivity contribution in [3.05, 3.63) is 29.6 Å². The average Bonchev–Trinajstić information content (AvgIpc) is 2.72. The number of rotatable bonds is 6. The minimum atomic E-state index is -0.182. The molecule has 0 bridgehead atoms. The Morgan fingerprint density at radius 1 is 1.24 bits per heavy atom. The van der Waals surface area contributed by atoms with Crippen LogP contribution in [-0.2, 0) is 6.42 Å². The molecule has 0 radical (unpaired) electrons. The van der Waals surface area contributed by atoms with Crippen molar-refractivity contribution in [1.29, 1.82) is 0 Å². The lowest BCUT2D eigenvalue weighted by molar-refractivity contribution is 0.326. The van der Waals surface area contributed by atoms with Crippen molar-refractivity contribution in [3.63, 3.8) is 0 Å². The molecule has 2 rings (SSSR count). The first kappa shape index (κ1) is 16.3. The zero-order chi connectivity index (χ0) is 15.1. The van der Waals surface area contributed by atoms with Gasteiger partial charge in [-0.1, -0.05) is 38.3 Å². The van der Waals surface area contributed by atoms with E-state index in [0.717, 1.165) is 24.9 Å². The van der Waals surface area contributed by atoms with Gasteiger partial charge >= 0.3 is 0 Å². The maximum Gasteiger partial charge on any atom is 0.168 e. The number of ether oxygens (including phenoxy) is 1. The van der Waals surface area contributed by atoms with Crippen molar-refractivity contribution in [2.75, 3.05) is 13.7 Å². The molecule has 1 aromatic carbocycles. The van der Waals surface area contributed by atoms with Gasteiger partial charge in [-0.15, -0.1) is 0 Å². The zero-order valence-corrected chi connectivity index (χ0v) is 13.3. The number of benzene rings is 1. The van der Waals surface area contributed by atoms with E-state index >= 15 is 0 Å². The molecule has 1 fully saturated rings. The van der Waals surface area contributed by atoms with E-state index in [1.807, 2.05) is 12.1 Å². The molecule has 21 heavy (non-hydrogen) atoms. The first-order valence-electron chi connectivity index (χ1n) is 8.31. The van der Waals surface area contributed by atoms with E-state index in [-0.39, 0.29) is 5.82 Å². The highest BCUT2D eigenvalue weighted by molar-refractivity contribution is 5.31. The molecule has 0 saturated heterocycles. The Balaban J connectivity index is 2.10. The highest BCUT2D eigenvalue weighted by Crippen LogP contribution is 2.29. The molecule has 0 heterocycles. The molecule has 118 valence electrons. The van der Waals surface area contributed by atoms with E-state index in [0.29, 0.717) is 17.7 Å². The number of hydrogen-bond acceptors (Lipinski definition) is 2. The third kappa shape index (κ3) is 4.44. The third-order valence-electron chi connectivity index (χ3n) is 4.56. The molecule has 1 aliphatic rings. The first-order valence-corrected chi connectivity index (χ1v) is 8.31. The van der Waals surface area contributed by atoms with Crippen molar-refractivity contribution >= 4 is 0 Å². The summed E-state index contributed by atoms with van der Waals surface area (Å²) in [6.45, 7) is 3.25. The molecule has 1 aromatic rings. The summed E-state index contributed by atoms with van der Waals surface area (Å²) in [6.07, 6.45) is 8.23. The normalized spacial score (nSPS) is 22.8. The molecule has 1 N–H and O–H groups in total. The fraction of sp³-hybridized carbons (Fsp3) is 0.667. The summed E-state index contributed by atoms with van der Waals surface area (Å²) in [5.41, 5.74) is 0.796. The van der Waals surface area contributed by atoms with Crippen LogP contribution in [0.15, 0.2) is 18.2 Å². The van der Waals surface area contributed by atoms with Gasteiger partial charge in [0.05, 0.1) is 7.11 Å². The van der Waals surface area contributed by atoms with Crippen LogP contribution in [0.2, 0.25) is 0 Å². The second kappa shape index (κ2) is 8.38. The lowest BCUT2D eigenvalue weighted by atomic mass is 9.88. The van der Waals surface area contributed by atoms with Crippen molar-refractivity contribution in [3.8, 4) is 5.75 Å². The summed E-state index contributed by atoms with van der Waals surface area (Å²) >= 11 is 0. The predicted octanol–water partition coefficient (Wildman–Crippen LogP) is 4.33. The summed E-state index contributed by atoms with van der Waals surface area (Å²) < 4.78 is 19.5. The Morgan fingerprint density at radius 2 is 2.05 bits per heavy atom. The van der Waals surface area contributed by atoms with Gasteiger partial charge in [-0.2, -0.15) is 0 Å². The fourth-order valence-electron chi connectivity index (χ4n) is 3.38. The lowest BCUT2D eigenvalue weighted by Crippen LogP contribution is -2.37. The minimum Gasteiger partial charge on any atom is -0.494 e. The van der Waals surface area contributed by atoms with E-state index in [2.05, 4.69) is 12.2 Å². The molecule has 3 heteroatoms. The maximum atomic E-state index is 14.4. The van der Waals surface area contributed by atoms with Crippen LogP contribution in [-0.4, -0.2) is 19.7 Å². The molecule has 2 unspecified atom stereocenters. The van der Waals surface area contributed by atoms with Gasteiger partial charge in [-0.25, -0.2) is 4.39 Å². The minimum absolute atomic E-state index is 0.182. The molecular weight excluding hydrogens is 265 g/mol. The van der Waals surface area contributed by atoms with Gasteiger partial charge in [0.1, 0.15) is 0 Å². The summed E-state index contributed by atoms with van der Waals surface area (Å²) in [5, 5.41) is 3.68. The first-order chi connectivity index (χ1) is 10.3. The van der Waals surface area contributed by atoms with Gasteiger partial charge in [0.2, 0.25) is 0 Å². The molecule has 1 saturated carbocycles. The van der Waals surface area contributed by atoms with Crippen molar-refractivity contribution in [1.82, 2.24) is 5.32 Å². The SMILES string of the molecule is CCCNC1CCCCCC1Cc1cccc(OC)c1F. The fourth-order valence-corrected chi connectivity index (χ4v) is 3.38. The Bertz CT molecular complexity index is 435. The van der Waals surface area contributed by atoms with E-state index in [1.165, 1.54) is 39.2 Å². The molecule has 0 amide bonds. The van der Waals surface area contributed by atoms with Crippen LogP contribution < -0.4 is 10.1 Å². The van der Waals surface area contributed by atoms with Gasteiger partial charge in [0.15, 0.2) is 11.6 Å². The molecule has 0 aliphatic heterocycles. The summed E-state index contributed by atoms with van der Waals surface area (Å²) in [6, 6.07) is 6.01. The van der Waals surface area contributed by atoms with E-state index in [4.69, 9.17) is 4.74 Å². The van der Waals surface area contributed by atoms with Crippen LogP contribution in [0.3, 0.4) is 0 Å². The van der Waals surface area contributed by atoms with Crippen LogP contribution in [0, 0.1) is 11.7 Å². The largest absolute Gasteiger partial charge is 0.494 e. The topological polar surface area (TPSA) is 21.3 Å². The van der Waals surface area contributed by atoms with Gasteiger partial charge < -0.3 is 10.1 Å².